The van der Waals surface area contributed by atoms with Crippen LogP contribution in [-0.4, -0.2) is 12.7 Å². The lowest BCUT2D eigenvalue weighted by Gasteiger charge is -2.09. The molecule has 0 aliphatic rings. The van der Waals surface area contributed by atoms with E-state index in [2.05, 4.69) is 16.6 Å². The highest BCUT2D eigenvalue weighted by atomic mass is 19.4. The van der Waals surface area contributed by atoms with Crippen molar-refractivity contribution < 1.29 is 22.7 Å². The van der Waals surface area contributed by atoms with E-state index >= 15 is 0 Å². The second kappa shape index (κ2) is 5.38. The molecule has 0 spiro atoms. The van der Waals surface area contributed by atoms with Crippen molar-refractivity contribution in [1.29, 1.82) is 0 Å². The molecule has 0 atom stereocenters. The first-order valence-electron chi connectivity index (χ1n) is 4.65. The molecule has 1 rings (SSSR count). The summed E-state index contributed by atoms with van der Waals surface area (Å²) in [7, 11) is 0. The number of hydrogen-bond donors (Lipinski definition) is 1. The lowest BCUT2D eigenvalue weighted by molar-refractivity contribution is -0.137. The molecule has 17 heavy (non-hydrogen) atoms. The van der Waals surface area contributed by atoms with E-state index < -0.39 is 17.8 Å². The Balaban J connectivity index is 2.72. The van der Waals surface area contributed by atoms with Crippen LogP contribution in [0.25, 0.3) is 0 Å². The molecule has 0 unspecified atom stereocenters. The number of benzene rings is 1. The number of anilines is 1. The topological polar surface area (TPSA) is 38.3 Å². The van der Waals surface area contributed by atoms with E-state index in [9.17, 15) is 18.0 Å². The lowest BCUT2D eigenvalue weighted by atomic mass is 10.2. The average Bonchev–Trinajstić information content (AvgIpc) is 2.25. The van der Waals surface area contributed by atoms with Gasteiger partial charge in [0.2, 0.25) is 0 Å². The first-order chi connectivity index (χ1) is 7.93. The molecule has 0 aliphatic heterocycles. The van der Waals surface area contributed by atoms with Crippen LogP contribution in [0.15, 0.2) is 36.9 Å². The molecule has 0 heterocycles. The number of amides is 1. The number of alkyl halides is 3. The number of nitrogens with one attached hydrogen (secondary N) is 1. The second-order valence-electron chi connectivity index (χ2n) is 3.09. The number of halogens is 3. The van der Waals surface area contributed by atoms with Crippen LogP contribution >= 0.6 is 0 Å². The van der Waals surface area contributed by atoms with E-state index in [1.165, 1.54) is 18.2 Å². The smallest absolute Gasteiger partial charge is 0.416 e. The molecule has 0 saturated heterocycles. The summed E-state index contributed by atoms with van der Waals surface area (Å²) in [6.07, 6.45) is -3.92. The maximum absolute atomic E-state index is 12.4. The van der Waals surface area contributed by atoms with Crippen molar-refractivity contribution in [3.05, 3.63) is 42.5 Å². The van der Waals surface area contributed by atoms with E-state index in [4.69, 9.17) is 0 Å². The van der Waals surface area contributed by atoms with Crippen molar-refractivity contribution in [2.24, 2.45) is 0 Å². The normalized spacial score (nSPS) is 10.8. The molecule has 1 amide bonds. The quantitative estimate of drug-likeness (QED) is 0.828. The Kier molecular flexibility index (Phi) is 4.14. The van der Waals surface area contributed by atoms with Crippen LogP contribution in [0.2, 0.25) is 0 Å². The largest absolute Gasteiger partial charge is 0.445 e. The van der Waals surface area contributed by atoms with Gasteiger partial charge in [0.15, 0.2) is 0 Å². The molecule has 1 N–H and O–H groups in total. The predicted octanol–water partition coefficient (Wildman–Crippen LogP) is 3.44. The highest BCUT2D eigenvalue weighted by molar-refractivity contribution is 5.84. The molecule has 92 valence electrons. The fourth-order valence-corrected chi connectivity index (χ4v) is 1.06. The van der Waals surface area contributed by atoms with Gasteiger partial charge in [-0.25, -0.2) is 4.79 Å². The zero-order valence-electron chi connectivity index (χ0n) is 8.75. The Morgan fingerprint density at radius 1 is 1.47 bits per heavy atom. The molecule has 0 bridgehead atoms. The molecule has 0 radical (unpaired) electrons. The summed E-state index contributed by atoms with van der Waals surface area (Å²) in [5.74, 6) is 0. The summed E-state index contributed by atoms with van der Waals surface area (Å²) in [5, 5.41) is 2.18. The van der Waals surface area contributed by atoms with Crippen LogP contribution in [0, 0.1) is 0 Å². The molecule has 0 aliphatic carbocycles. The van der Waals surface area contributed by atoms with Gasteiger partial charge in [-0.1, -0.05) is 18.7 Å². The van der Waals surface area contributed by atoms with Crippen molar-refractivity contribution >= 4 is 11.8 Å². The number of carbonyl (C=O) groups is 1. The SMILES string of the molecule is C=CCOC(=O)Nc1cccc(C(F)(F)F)c1. The summed E-state index contributed by atoms with van der Waals surface area (Å²) in [6, 6.07) is 4.28. The number of rotatable bonds is 3. The standard InChI is InChI=1S/C11H10F3NO2/c1-2-6-17-10(16)15-9-5-3-4-8(7-9)11(12,13)14/h2-5,7H,1,6H2,(H,15,16). The number of ether oxygens (including phenoxy) is 1. The Bertz CT molecular complexity index is 415. The van der Waals surface area contributed by atoms with Gasteiger partial charge in [-0.3, -0.25) is 5.32 Å². The van der Waals surface area contributed by atoms with E-state index in [0.717, 1.165) is 12.1 Å². The molecule has 1 aromatic rings. The Labute approximate surface area is 95.9 Å². The van der Waals surface area contributed by atoms with Gasteiger partial charge in [0.1, 0.15) is 6.61 Å². The van der Waals surface area contributed by atoms with Gasteiger partial charge < -0.3 is 4.74 Å². The number of hydrogen-bond acceptors (Lipinski definition) is 2. The fourth-order valence-electron chi connectivity index (χ4n) is 1.06. The van der Waals surface area contributed by atoms with E-state index in [1.54, 1.807) is 0 Å². The first-order valence-corrected chi connectivity index (χ1v) is 4.65. The molecule has 0 fully saturated rings. The Morgan fingerprint density at radius 2 is 2.18 bits per heavy atom. The molecule has 1 aromatic carbocycles. The van der Waals surface area contributed by atoms with Crippen molar-refractivity contribution in [3.8, 4) is 0 Å². The van der Waals surface area contributed by atoms with Crippen molar-refractivity contribution in [2.75, 3.05) is 11.9 Å². The van der Waals surface area contributed by atoms with Crippen LogP contribution in [0.4, 0.5) is 23.7 Å². The summed E-state index contributed by atoms with van der Waals surface area (Å²) in [6.45, 7) is 3.32. The lowest BCUT2D eigenvalue weighted by Crippen LogP contribution is -2.14. The Hall–Kier alpha value is -1.98. The molecule has 0 saturated carbocycles. The maximum atomic E-state index is 12.4. The van der Waals surface area contributed by atoms with Crippen LogP contribution in [0.3, 0.4) is 0 Å². The molecular formula is C11H10F3NO2. The molecule has 3 nitrogen and oxygen atoms in total. The van der Waals surface area contributed by atoms with Crippen LogP contribution in [-0.2, 0) is 10.9 Å². The third kappa shape index (κ3) is 4.18. The van der Waals surface area contributed by atoms with Gasteiger partial charge in [0.05, 0.1) is 5.56 Å². The van der Waals surface area contributed by atoms with Gasteiger partial charge >= 0.3 is 12.3 Å². The summed E-state index contributed by atoms with van der Waals surface area (Å²) >= 11 is 0. The highest BCUT2D eigenvalue weighted by Gasteiger charge is 2.30. The Morgan fingerprint density at radius 3 is 2.76 bits per heavy atom. The van der Waals surface area contributed by atoms with Crippen LogP contribution in [0.5, 0.6) is 0 Å². The minimum Gasteiger partial charge on any atom is -0.445 e. The maximum Gasteiger partial charge on any atom is 0.416 e. The van der Waals surface area contributed by atoms with Gasteiger partial charge in [0.25, 0.3) is 0 Å². The van der Waals surface area contributed by atoms with Gasteiger partial charge in [-0.05, 0) is 18.2 Å². The van der Waals surface area contributed by atoms with Gasteiger partial charge in [-0.2, -0.15) is 13.2 Å². The third-order valence-electron chi connectivity index (χ3n) is 1.77. The second-order valence-corrected chi connectivity index (χ2v) is 3.09. The van der Waals surface area contributed by atoms with Gasteiger partial charge in [0, 0.05) is 5.69 Å². The predicted molar refractivity (Wildman–Crippen MR) is 56.6 cm³/mol. The van der Waals surface area contributed by atoms with Crippen molar-refractivity contribution in [2.45, 2.75) is 6.18 Å². The van der Waals surface area contributed by atoms with Crippen LogP contribution in [0.1, 0.15) is 5.56 Å². The minimum absolute atomic E-state index is 0.00913. The molecule has 6 heteroatoms. The molecule has 0 aromatic heterocycles. The zero-order chi connectivity index (χ0) is 12.9. The fraction of sp³-hybridized carbons (Fsp3) is 0.182. The summed E-state index contributed by atoms with van der Waals surface area (Å²) in [4.78, 5) is 11.1. The minimum atomic E-state index is -4.44. The monoisotopic (exact) mass is 245 g/mol. The van der Waals surface area contributed by atoms with E-state index in [-0.39, 0.29) is 12.3 Å². The summed E-state index contributed by atoms with van der Waals surface area (Å²) in [5.41, 5.74) is -0.812. The average molecular weight is 245 g/mol. The van der Waals surface area contributed by atoms with Crippen LogP contribution < -0.4 is 5.32 Å². The van der Waals surface area contributed by atoms with Gasteiger partial charge in [-0.15, -0.1) is 0 Å². The van der Waals surface area contributed by atoms with E-state index in [0.29, 0.717) is 0 Å². The number of carbonyl (C=O) groups excluding carboxylic acids is 1. The summed E-state index contributed by atoms with van der Waals surface area (Å²) < 4.78 is 41.6. The zero-order valence-corrected chi connectivity index (χ0v) is 8.75. The third-order valence-corrected chi connectivity index (χ3v) is 1.77. The van der Waals surface area contributed by atoms with Crippen molar-refractivity contribution in [3.63, 3.8) is 0 Å². The molecular weight excluding hydrogens is 235 g/mol. The van der Waals surface area contributed by atoms with Crippen molar-refractivity contribution in [1.82, 2.24) is 0 Å². The first kappa shape index (κ1) is 13.1. The van der Waals surface area contributed by atoms with E-state index in [1.807, 2.05) is 0 Å². The highest BCUT2D eigenvalue weighted by Crippen LogP contribution is 2.30.